The van der Waals surface area contributed by atoms with E-state index in [2.05, 4.69) is 18.8 Å². The second-order valence-corrected chi connectivity index (χ2v) is 7.02. The van der Waals surface area contributed by atoms with Gasteiger partial charge in [0.15, 0.2) is 0 Å². The lowest BCUT2D eigenvalue weighted by atomic mass is 9.96. The Morgan fingerprint density at radius 3 is 2.68 bits per heavy atom. The molecule has 25 heavy (non-hydrogen) atoms. The molecule has 0 unspecified atom stereocenters. The highest BCUT2D eigenvalue weighted by Gasteiger charge is 2.20. The van der Waals surface area contributed by atoms with Gasteiger partial charge in [0.1, 0.15) is 10.6 Å². The van der Waals surface area contributed by atoms with Gasteiger partial charge in [0.05, 0.1) is 15.8 Å². The number of fused-ring (bicyclic) bond motifs is 2. The lowest BCUT2D eigenvalue weighted by Gasteiger charge is -2.12. The summed E-state index contributed by atoms with van der Waals surface area (Å²) < 4.78 is 6.70. The van der Waals surface area contributed by atoms with Crippen LogP contribution in [0.25, 0.3) is 31.8 Å². The summed E-state index contributed by atoms with van der Waals surface area (Å²) >= 11 is 1.52. The third-order valence-corrected chi connectivity index (χ3v) is 5.51. The molecule has 0 amide bonds. The minimum Gasteiger partial charge on any atom is -0.422 e. The molecule has 0 fully saturated rings. The number of anilines is 1. The molecule has 0 aliphatic rings. The number of nitrogens with two attached hydrogens (primary N) is 1. The van der Waals surface area contributed by atoms with Crippen LogP contribution in [0.5, 0.6) is 0 Å². The van der Waals surface area contributed by atoms with E-state index in [4.69, 9.17) is 10.2 Å². The number of hydrogen-bond acceptors (Lipinski definition) is 5. The van der Waals surface area contributed by atoms with Crippen LogP contribution in [0.15, 0.2) is 45.6 Å². The maximum absolute atomic E-state index is 12.8. The first-order chi connectivity index (χ1) is 12.1. The van der Waals surface area contributed by atoms with Gasteiger partial charge in [0, 0.05) is 17.1 Å². The highest BCUT2D eigenvalue weighted by atomic mass is 32.1. The van der Waals surface area contributed by atoms with Crippen LogP contribution in [-0.4, -0.2) is 4.98 Å². The first-order valence-corrected chi connectivity index (χ1v) is 9.18. The van der Waals surface area contributed by atoms with Crippen molar-refractivity contribution in [3.05, 3.63) is 57.9 Å². The molecular weight excluding hydrogens is 332 g/mol. The Bertz CT molecular complexity index is 1120. The predicted octanol–water partition coefficient (Wildman–Crippen LogP) is 4.78. The second kappa shape index (κ2) is 6.01. The zero-order valence-corrected chi connectivity index (χ0v) is 14.9. The van der Waals surface area contributed by atoms with Gasteiger partial charge in [0.2, 0.25) is 0 Å². The van der Waals surface area contributed by atoms with Crippen molar-refractivity contribution in [2.45, 2.75) is 26.7 Å². The monoisotopic (exact) mass is 350 g/mol. The number of benzene rings is 2. The maximum atomic E-state index is 12.8. The van der Waals surface area contributed by atoms with E-state index in [0.29, 0.717) is 21.8 Å². The van der Waals surface area contributed by atoms with E-state index in [9.17, 15) is 4.79 Å². The van der Waals surface area contributed by atoms with Gasteiger partial charge >= 0.3 is 5.63 Å². The van der Waals surface area contributed by atoms with Gasteiger partial charge in [-0.1, -0.05) is 26.0 Å². The van der Waals surface area contributed by atoms with Crippen LogP contribution in [0, 0.1) is 0 Å². The summed E-state index contributed by atoms with van der Waals surface area (Å²) in [6.07, 6.45) is 1.55. The van der Waals surface area contributed by atoms with Crippen LogP contribution in [0.2, 0.25) is 0 Å². The largest absolute Gasteiger partial charge is 0.422 e. The molecule has 4 nitrogen and oxygen atoms in total. The Labute approximate surface area is 148 Å². The van der Waals surface area contributed by atoms with Crippen LogP contribution in [-0.2, 0) is 12.8 Å². The summed E-state index contributed by atoms with van der Waals surface area (Å²) in [6.45, 7) is 4.14. The zero-order chi connectivity index (χ0) is 17.6. The van der Waals surface area contributed by atoms with E-state index >= 15 is 0 Å². The van der Waals surface area contributed by atoms with Crippen molar-refractivity contribution in [3.8, 4) is 10.6 Å². The van der Waals surface area contributed by atoms with E-state index in [-0.39, 0.29) is 5.63 Å². The fraction of sp³-hybridized carbons (Fsp3) is 0.200. The van der Waals surface area contributed by atoms with E-state index in [1.165, 1.54) is 11.3 Å². The number of nitrogen functional groups attached to an aromatic ring is 1. The second-order valence-electron chi connectivity index (χ2n) is 5.99. The van der Waals surface area contributed by atoms with Gasteiger partial charge in [0.25, 0.3) is 0 Å². The van der Waals surface area contributed by atoms with Crippen molar-refractivity contribution >= 4 is 38.2 Å². The minimum atomic E-state index is -0.351. The first-order valence-electron chi connectivity index (χ1n) is 8.36. The topological polar surface area (TPSA) is 69.1 Å². The molecule has 126 valence electrons. The van der Waals surface area contributed by atoms with E-state index < -0.39 is 0 Å². The quantitative estimate of drug-likeness (QED) is 0.426. The standard InChI is InChI=1S/C20H18N2O2S/c1-3-11-9-12(21)10-15-17(11)13(4-2)18(20(23)24-15)19-22-14-7-5-6-8-16(14)25-19/h5-10H,3-4,21H2,1-2H3. The summed E-state index contributed by atoms with van der Waals surface area (Å²) in [7, 11) is 0. The number of hydrogen-bond donors (Lipinski definition) is 1. The number of aryl methyl sites for hydroxylation is 2. The van der Waals surface area contributed by atoms with E-state index in [1.54, 1.807) is 6.07 Å². The molecule has 0 aliphatic carbocycles. The Morgan fingerprint density at radius 1 is 1.16 bits per heavy atom. The summed E-state index contributed by atoms with van der Waals surface area (Å²) in [6, 6.07) is 11.6. The highest BCUT2D eigenvalue weighted by molar-refractivity contribution is 7.21. The van der Waals surface area contributed by atoms with Crippen LogP contribution >= 0.6 is 11.3 Å². The molecule has 0 radical (unpaired) electrons. The van der Waals surface area contributed by atoms with Gasteiger partial charge in [-0.2, -0.15) is 0 Å². The molecular formula is C20H18N2O2S. The third-order valence-electron chi connectivity index (χ3n) is 4.46. The van der Waals surface area contributed by atoms with Crippen molar-refractivity contribution < 1.29 is 4.42 Å². The van der Waals surface area contributed by atoms with E-state index in [1.807, 2.05) is 30.3 Å². The molecule has 0 saturated carbocycles. The Kier molecular flexibility index (Phi) is 3.81. The number of rotatable bonds is 3. The number of thiazole rings is 1. The molecule has 5 heteroatoms. The highest BCUT2D eigenvalue weighted by Crippen LogP contribution is 2.35. The molecule has 0 saturated heterocycles. The fourth-order valence-corrected chi connectivity index (χ4v) is 4.37. The Balaban J connectivity index is 2.11. The normalized spacial score (nSPS) is 11.4. The molecule has 2 N–H and O–H groups in total. The van der Waals surface area contributed by atoms with Crippen molar-refractivity contribution in [3.63, 3.8) is 0 Å². The summed E-state index contributed by atoms with van der Waals surface area (Å²) in [5, 5.41) is 1.71. The Hall–Kier alpha value is -2.66. The van der Waals surface area contributed by atoms with Gasteiger partial charge < -0.3 is 10.2 Å². The average molecular weight is 350 g/mol. The van der Waals surface area contributed by atoms with Gasteiger partial charge in [-0.05, 0) is 42.2 Å². The van der Waals surface area contributed by atoms with Gasteiger partial charge in [-0.25, -0.2) is 9.78 Å². The smallest absolute Gasteiger partial charge is 0.346 e. The lowest BCUT2D eigenvalue weighted by molar-refractivity contribution is 0.561. The SMILES string of the molecule is CCc1cc(N)cc2oc(=O)c(-c3nc4ccccc4s3)c(CC)c12. The van der Waals surface area contributed by atoms with Crippen molar-refractivity contribution in [1.29, 1.82) is 0 Å². The number of aromatic nitrogens is 1. The lowest BCUT2D eigenvalue weighted by Crippen LogP contribution is -2.09. The van der Waals surface area contributed by atoms with Crippen molar-refractivity contribution in [2.75, 3.05) is 5.73 Å². The predicted molar refractivity (Wildman–Crippen MR) is 104 cm³/mol. The molecule has 2 aromatic heterocycles. The number of para-hydroxylation sites is 1. The minimum absolute atomic E-state index is 0.351. The van der Waals surface area contributed by atoms with E-state index in [0.717, 1.165) is 39.6 Å². The Morgan fingerprint density at radius 2 is 1.96 bits per heavy atom. The van der Waals surface area contributed by atoms with Crippen molar-refractivity contribution in [2.24, 2.45) is 0 Å². The molecule has 4 aromatic rings. The van der Waals surface area contributed by atoms with Crippen molar-refractivity contribution in [1.82, 2.24) is 4.98 Å². The first kappa shape index (κ1) is 15.8. The summed E-state index contributed by atoms with van der Waals surface area (Å²) in [5.74, 6) is 0. The van der Waals surface area contributed by atoms with Crippen LogP contribution < -0.4 is 11.4 Å². The molecule has 2 heterocycles. The summed E-state index contributed by atoms with van der Waals surface area (Å²) in [5.41, 5.74) is 10.4. The molecule has 2 aromatic carbocycles. The average Bonchev–Trinajstić information content (AvgIpc) is 3.02. The van der Waals surface area contributed by atoms with Gasteiger partial charge in [-0.15, -0.1) is 11.3 Å². The zero-order valence-electron chi connectivity index (χ0n) is 14.1. The summed E-state index contributed by atoms with van der Waals surface area (Å²) in [4.78, 5) is 17.4. The molecule has 0 atom stereocenters. The molecule has 0 bridgehead atoms. The van der Waals surface area contributed by atoms with Crippen LogP contribution in [0.1, 0.15) is 25.0 Å². The molecule has 0 spiro atoms. The van der Waals surface area contributed by atoms with Crippen LogP contribution in [0.4, 0.5) is 5.69 Å². The molecule has 0 aliphatic heterocycles. The van der Waals surface area contributed by atoms with Crippen LogP contribution in [0.3, 0.4) is 0 Å². The third kappa shape index (κ3) is 2.51. The fourth-order valence-electron chi connectivity index (χ4n) is 3.35. The number of nitrogens with zero attached hydrogens (tertiary/aromatic N) is 1. The molecule has 4 rings (SSSR count). The maximum Gasteiger partial charge on any atom is 0.346 e. The van der Waals surface area contributed by atoms with Gasteiger partial charge in [-0.3, -0.25) is 0 Å².